The first kappa shape index (κ1) is 22.3. The standard InChI is InChI=1S/C23H29NO5/c1-5-23(6-2,17-12-13-19(28-3)20(15-17)29-4)22(27)24-18(21(25)26)14-16-10-8-7-9-11-16/h7-13,15,18H,5-6,14H2,1-4H3,(H,24,27)(H,25,26). The number of rotatable bonds is 10. The van der Waals surface area contributed by atoms with Crippen molar-refractivity contribution in [3.8, 4) is 11.5 Å². The van der Waals surface area contributed by atoms with Gasteiger partial charge in [-0.15, -0.1) is 0 Å². The summed E-state index contributed by atoms with van der Waals surface area (Å²) in [6.45, 7) is 3.85. The van der Waals surface area contributed by atoms with E-state index in [0.29, 0.717) is 24.3 Å². The lowest BCUT2D eigenvalue weighted by Gasteiger charge is -2.32. The molecule has 2 rings (SSSR count). The van der Waals surface area contributed by atoms with Crippen LogP contribution in [0.15, 0.2) is 48.5 Å². The van der Waals surface area contributed by atoms with Gasteiger partial charge >= 0.3 is 5.97 Å². The van der Waals surface area contributed by atoms with E-state index in [4.69, 9.17) is 9.47 Å². The molecule has 0 radical (unpaired) electrons. The largest absolute Gasteiger partial charge is 0.493 e. The van der Waals surface area contributed by atoms with E-state index in [1.165, 1.54) is 0 Å². The van der Waals surface area contributed by atoms with Gasteiger partial charge in [0, 0.05) is 6.42 Å². The van der Waals surface area contributed by atoms with Gasteiger partial charge in [0.1, 0.15) is 6.04 Å². The van der Waals surface area contributed by atoms with Crippen molar-refractivity contribution in [1.82, 2.24) is 5.32 Å². The molecule has 1 atom stereocenters. The molecule has 0 fully saturated rings. The van der Waals surface area contributed by atoms with E-state index < -0.39 is 17.4 Å². The van der Waals surface area contributed by atoms with E-state index in [0.717, 1.165) is 11.1 Å². The molecule has 0 heterocycles. The minimum absolute atomic E-state index is 0.220. The molecule has 156 valence electrons. The summed E-state index contributed by atoms with van der Waals surface area (Å²) in [4.78, 5) is 25.2. The van der Waals surface area contributed by atoms with Crippen molar-refractivity contribution >= 4 is 11.9 Å². The number of carboxylic acid groups (broad SMARTS) is 1. The molecule has 1 amide bonds. The quantitative estimate of drug-likeness (QED) is 0.638. The third kappa shape index (κ3) is 4.88. The van der Waals surface area contributed by atoms with Crippen molar-refractivity contribution in [2.75, 3.05) is 14.2 Å². The van der Waals surface area contributed by atoms with Crippen LogP contribution in [0.5, 0.6) is 11.5 Å². The van der Waals surface area contributed by atoms with Crippen LogP contribution >= 0.6 is 0 Å². The van der Waals surface area contributed by atoms with Crippen molar-refractivity contribution in [2.24, 2.45) is 0 Å². The number of carbonyl (C=O) groups is 2. The highest BCUT2D eigenvalue weighted by Crippen LogP contribution is 2.37. The Hall–Kier alpha value is -3.02. The highest BCUT2D eigenvalue weighted by Gasteiger charge is 2.39. The summed E-state index contributed by atoms with van der Waals surface area (Å²) < 4.78 is 10.7. The first-order chi connectivity index (χ1) is 13.9. The zero-order chi connectivity index (χ0) is 21.4. The van der Waals surface area contributed by atoms with Crippen molar-refractivity contribution in [3.63, 3.8) is 0 Å². The number of amides is 1. The summed E-state index contributed by atoms with van der Waals surface area (Å²) in [5.41, 5.74) is 0.746. The molecule has 2 aromatic carbocycles. The number of hydrogen-bond donors (Lipinski definition) is 2. The second-order valence-electron chi connectivity index (χ2n) is 6.91. The molecule has 2 N–H and O–H groups in total. The van der Waals surface area contributed by atoms with E-state index >= 15 is 0 Å². The van der Waals surface area contributed by atoms with Gasteiger partial charge in [0.2, 0.25) is 5.91 Å². The fourth-order valence-electron chi connectivity index (χ4n) is 3.59. The smallest absolute Gasteiger partial charge is 0.326 e. The van der Waals surface area contributed by atoms with E-state index in [-0.39, 0.29) is 12.3 Å². The number of ether oxygens (including phenoxy) is 2. The van der Waals surface area contributed by atoms with Gasteiger partial charge in [0.05, 0.1) is 19.6 Å². The Morgan fingerprint density at radius 3 is 2.14 bits per heavy atom. The Balaban J connectivity index is 2.35. The van der Waals surface area contributed by atoms with Crippen LogP contribution in [0.2, 0.25) is 0 Å². The molecule has 0 aliphatic heterocycles. The molecule has 0 saturated heterocycles. The maximum absolute atomic E-state index is 13.3. The predicted octanol–water partition coefficient (Wildman–Crippen LogP) is 3.57. The molecular weight excluding hydrogens is 370 g/mol. The van der Waals surface area contributed by atoms with Gasteiger partial charge in [0.15, 0.2) is 11.5 Å². The van der Waals surface area contributed by atoms with Crippen LogP contribution in [0, 0.1) is 0 Å². The number of carboxylic acids is 1. The normalized spacial score (nSPS) is 12.1. The fourth-order valence-corrected chi connectivity index (χ4v) is 3.59. The first-order valence-corrected chi connectivity index (χ1v) is 9.72. The van der Waals surface area contributed by atoms with Crippen LogP contribution in [0.25, 0.3) is 0 Å². The monoisotopic (exact) mass is 399 g/mol. The third-order valence-electron chi connectivity index (χ3n) is 5.46. The van der Waals surface area contributed by atoms with E-state index in [2.05, 4.69) is 5.32 Å². The highest BCUT2D eigenvalue weighted by molar-refractivity contribution is 5.91. The maximum Gasteiger partial charge on any atom is 0.326 e. The number of nitrogens with one attached hydrogen (secondary N) is 1. The van der Waals surface area contributed by atoms with Crippen molar-refractivity contribution < 1.29 is 24.2 Å². The molecule has 0 aliphatic rings. The van der Waals surface area contributed by atoms with Crippen molar-refractivity contribution in [1.29, 1.82) is 0 Å². The fraction of sp³-hybridized carbons (Fsp3) is 0.391. The van der Waals surface area contributed by atoms with Gasteiger partial charge in [-0.25, -0.2) is 4.79 Å². The van der Waals surface area contributed by atoms with Crippen molar-refractivity contribution in [3.05, 3.63) is 59.7 Å². The lowest BCUT2D eigenvalue weighted by atomic mass is 9.74. The molecule has 1 unspecified atom stereocenters. The van der Waals surface area contributed by atoms with Gasteiger partial charge in [0.25, 0.3) is 0 Å². The molecule has 29 heavy (non-hydrogen) atoms. The number of benzene rings is 2. The lowest BCUT2D eigenvalue weighted by Crippen LogP contribution is -2.51. The Labute approximate surface area is 171 Å². The number of aliphatic carboxylic acids is 1. The highest BCUT2D eigenvalue weighted by atomic mass is 16.5. The maximum atomic E-state index is 13.3. The van der Waals surface area contributed by atoms with E-state index in [1.807, 2.05) is 50.2 Å². The predicted molar refractivity (Wildman–Crippen MR) is 112 cm³/mol. The van der Waals surface area contributed by atoms with E-state index in [9.17, 15) is 14.7 Å². The summed E-state index contributed by atoms with van der Waals surface area (Å²) in [7, 11) is 3.10. The number of carbonyl (C=O) groups excluding carboxylic acids is 1. The second-order valence-corrected chi connectivity index (χ2v) is 6.91. The summed E-state index contributed by atoms with van der Waals surface area (Å²) in [5, 5.41) is 12.4. The molecule has 0 bridgehead atoms. The van der Waals surface area contributed by atoms with Crippen molar-refractivity contribution in [2.45, 2.75) is 44.6 Å². The summed E-state index contributed by atoms with van der Waals surface area (Å²) in [6.07, 6.45) is 1.25. The first-order valence-electron chi connectivity index (χ1n) is 9.72. The average molecular weight is 399 g/mol. The number of hydrogen-bond acceptors (Lipinski definition) is 4. The summed E-state index contributed by atoms with van der Waals surface area (Å²) in [5.74, 6) is -0.262. The molecule has 0 aromatic heterocycles. The Morgan fingerprint density at radius 1 is 1.00 bits per heavy atom. The van der Waals surface area contributed by atoms with Gasteiger partial charge in [-0.3, -0.25) is 4.79 Å². The topological polar surface area (TPSA) is 84.9 Å². The zero-order valence-corrected chi connectivity index (χ0v) is 17.4. The van der Waals surface area contributed by atoms with Crippen LogP contribution < -0.4 is 14.8 Å². The van der Waals surface area contributed by atoms with E-state index in [1.54, 1.807) is 26.4 Å². The average Bonchev–Trinajstić information content (AvgIpc) is 2.75. The number of methoxy groups -OCH3 is 2. The zero-order valence-electron chi connectivity index (χ0n) is 17.4. The minimum atomic E-state index is -1.06. The SMILES string of the molecule is CCC(CC)(C(=O)NC(Cc1ccccc1)C(=O)O)c1ccc(OC)c(OC)c1. The molecule has 6 heteroatoms. The molecule has 0 spiro atoms. The Bertz CT molecular complexity index is 830. The molecule has 6 nitrogen and oxygen atoms in total. The molecule has 2 aromatic rings. The summed E-state index contributed by atoms with van der Waals surface area (Å²) in [6, 6.07) is 13.6. The third-order valence-corrected chi connectivity index (χ3v) is 5.46. The van der Waals surface area contributed by atoms with Gasteiger partial charge in [-0.2, -0.15) is 0 Å². The van der Waals surface area contributed by atoms with Crippen LogP contribution in [0.1, 0.15) is 37.8 Å². The second kappa shape index (κ2) is 9.96. The molecule has 0 aliphatic carbocycles. The van der Waals surface area contributed by atoms with Crippen LogP contribution in [0.4, 0.5) is 0 Å². The van der Waals surface area contributed by atoms with Crippen LogP contribution in [0.3, 0.4) is 0 Å². The lowest BCUT2D eigenvalue weighted by molar-refractivity contribution is -0.142. The minimum Gasteiger partial charge on any atom is -0.493 e. The van der Waals surface area contributed by atoms with Gasteiger partial charge in [-0.05, 0) is 36.1 Å². The van der Waals surface area contributed by atoms with Gasteiger partial charge in [-0.1, -0.05) is 50.2 Å². The molecule has 0 saturated carbocycles. The Morgan fingerprint density at radius 2 is 1.62 bits per heavy atom. The van der Waals surface area contributed by atoms with Gasteiger partial charge < -0.3 is 19.9 Å². The Kier molecular flexibility index (Phi) is 7.65. The molecular formula is C23H29NO5. The van der Waals surface area contributed by atoms with Crippen LogP contribution in [-0.4, -0.2) is 37.2 Å². The van der Waals surface area contributed by atoms with Crippen LogP contribution in [-0.2, 0) is 21.4 Å². The summed E-state index contributed by atoms with van der Waals surface area (Å²) >= 11 is 0.